The van der Waals surface area contributed by atoms with E-state index in [9.17, 15) is 18.0 Å². The standard InChI is InChI=1S/C20H20F3N5O2/c1-11(16-8-25-18(9-24-16)30-10-20(21,22)23)27-19(29)15-6-14(15)12-3-4-13-7-26-28(2)17(13)5-12/h3-5,7-9,11,14-15H,6,10H2,1-2H3,(H,27,29)/t11-,14+,15-/m1/s1. The average molecular weight is 419 g/mol. The fourth-order valence-electron chi connectivity index (χ4n) is 3.42. The van der Waals surface area contributed by atoms with E-state index in [0.717, 1.165) is 29.1 Å². The molecule has 30 heavy (non-hydrogen) atoms. The van der Waals surface area contributed by atoms with Crippen molar-refractivity contribution in [2.24, 2.45) is 13.0 Å². The zero-order valence-corrected chi connectivity index (χ0v) is 16.3. The number of benzene rings is 1. The summed E-state index contributed by atoms with van der Waals surface area (Å²) in [5, 5.41) is 8.18. The van der Waals surface area contributed by atoms with Crippen molar-refractivity contribution in [3.05, 3.63) is 48.0 Å². The molecule has 1 amide bonds. The number of carbonyl (C=O) groups excluding carboxylic acids is 1. The molecule has 0 spiro atoms. The zero-order chi connectivity index (χ0) is 21.5. The van der Waals surface area contributed by atoms with E-state index >= 15 is 0 Å². The number of fused-ring (bicyclic) bond motifs is 1. The van der Waals surface area contributed by atoms with Gasteiger partial charge in [-0.05, 0) is 30.9 Å². The van der Waals surface area contributed by atoms with Gasteiger partial charge in [-0.1, -0.05) is 12.1 Å². The summed E-state index contributed by atoms with van der Waals surface area (Å²) in [6, 6.07) is 5.67. The lowest BCUT2D eigenvalue weighted by atomic mass is 10.1. The molecule has 1 aromatic carbocycles. The van der Waals surface area contributed by atoms with E-state index in [1.807, 2.05) is 19.2 Å². The highest BCUT2D eigenvalue weighted by Crippen LogP contribution is 2.48. The van der Waals surface area contributed by atoms with Crippen LogP contribution in [-0.4, -0.2) is 38.4 Å². The molecule has 0 unspecified atom stereocenters. The third-order valence-electron chi connectivity index (χ3n) is 5.16. The smallest absolute Gasteiger partial charge is 0.422 e. The Morgan fingerprint density at radius 2 is 2.10 bits per heavy atom. The number of hydrogen-bond acceptors (Lipinski definition) is 5. The number of halogens is 3. The van der Waals surface area contributed by atoms with Crippen LogP contribution in [0.15, 0.2) is 36.8 Å². The predicted octanol–water partition coefficient (Wildman–Crippen LogP) is 3.29. The van der Waals surface area contributed by atoms with Crippen LogP contribution in [0.2, 0.25) is 0 Å². The van der Waals surface area contributed by atoms with E-state index in [4.69, 9.17) is 0 Å². The molecule has 1 saturated carbocycles. The van der Waals surface area contributed by atoms with Gasteiger partial charge in [-0.25, -0.2) is 4.98 Å². The summed E-state index contributed by atoms with van der Waals surface area (Å²) in [6.45, 7) is 0.318. The zero-order valence-electron chi connectivity index (χ0n) is 16.3. The van der Waals surface area contributed by atoms with Crippen molar-refractivity contribution in [2.45, 2.75) is 31.5 Å². The molecule has 1 fully saturated rings. The van der Waals surface area contributed by atoms with E-state index in [1.54, 1.807) is 17.8 Å². The van der Waals surface area contributed by atoms with E-state index < -0.39 is 18.8 Å². The van der Waals surface area contributed by atoms with Gasteiger partial charge in [0.25, 0.3) is 0 Å². The second-order valence-electron chi connectivity index (χ2n) is 7.45. The lowest BCUT2D eigenvalue weighted by Gasteiger charge is -2.14. The van der Waals surface area contributed by atoms with Gasteiger partial charge in [-0.15, -0.1) is 0 Å². The molecule has 158 valence electrons. The van der Waals surface area contributed by atoms with Crippen molar-refractivity contribution < 1.29 is 22.7 Å². The maximum absolute atomic E-state index is 12.6. The highest BCUT2D eigenvalue weighted by Gasteiger charge is 2.44. The maximum Gasteiger partial charge on any atom is 0.422 e. The molecule has 1 aliphatic carbocycles. The molecule has 3 aromatic rings. The fraction of sp³-hybridized carbons (Fsp3) is 0.400. The Morgan fingerprint density at radius 1 is 1.30 bits per heavy atom. The number of nitrogens with one attached hydrogen (secondary N) is 1. The molecule has 1 N–H and O–H groups in total. The fourth-order valence-corrected chi connectivity index (χ4v) is 3.42. The Balaban J connectivity index is 1.34. The van der Waals surface area contributed by atoms with Crippen LogP contribution >= 0.6 is 0 Å². The Morgan fingerprint density at radius 3 is 2.80 bits per heavy atom. The molecular formula is C20H20F3N5O2. The van der Waals surface area contributed by atoms with Gasteiger partial charge >= 0.3 is 6.18 Å². The van der Waals surface area contributed by atoms with Gasteiger partial charge in [0, 0.05) is 18.4 Å². The summed E-state index contributed by atoms with van der Waals surface area (Å²) < 4.78 is 42.9. The minimum Gasteiger partial charge on any atom is -0.467 e. The van der Waals surface area contributed by atoms with E-state index in [-0.39, 0.29) is 23.6 Å². The lowest BCUT2D eigenvalue weighted by Crippen LogP contribution is -2.29. The summed E-state index contributed by atoms with van der Waals surface area (Å²) in [5.41, 5.74) is 2.57. The van der Waals surface area contributed by atoms with Crippen LogP contribution in [0, 0.1) is 5.92 Å². The third kappa shape index (κ3) is 4.37. The molecule has 4 rings (SSSR count). The summed E-state index contributed by atoms with van der Waals surface area (Å²) in [5.74, 6) is -0.277. The number of aryl methyl sites for hydroxylation is 1. The van der Waals surface area contributed by atoms with Gasteiger partial charge in [0.15, 0.2) is 6.61 Å². The number of hydrogen-bond donors (Lipinski definition) is 1. The largest absolute Gasteiger partial charge is 0.467 e. The first-order chi connectivity index (χ1) is 14.2. The van der Waals surface area contributed by atoms with Gasteiger partial charge < -0.3 is 10.1 Å². The van der Waals surface area contributed by atoms with Crippen LogP contribution in [0.1, 0.15) is 36.6 Å². The molecule has 0 saturated heterocycles. The number of amides is 1. The van der Waals surface area contributed by atoms with E-state index in [2.05, 4.69) is 31.2 Å². The Bertz CT molecular complexity index is 1060. The average Bonchev–Trinajstić information content (AvgIpc) is 3.43. The summed E-state index contributed by atoms with van der Waals surface area (Å²) in [7, 11) is 1.88. The minimum absolute atomic E-state index is 0.0863. The van der Waals surface area contributed by atoms with Gasteiger partial charge in [0.1, 0.15) is 0 Å². The van der Waals surface area contributed by atoms with Crippen LogP contribution in [0.5, 0.6) is 5.88 Å². The van der Waals surface area contributed by atoms with Crippen LogP contribution < -0.4 is 10.1 Å². The number of ether oxygens (including phenoxy) is 1. The highest BCUT2D eigenvalue weighted by molar-refractivity contribution is 5.84. The number of carbonyl (C=O) groups is 1. The van der Waals surface area contributed by atoms with Gasteiger partial charge in [0.2, 0.25) is 11.8 Å². The van der Waals surface area contributed by atoms with Gasteiger partial charge in [-0.2, -0.15) is 18.3 Å². The molecule has 3 atom stereocenters. The number of alkyl halides is 3. The van der Waals surface area contributed by atoms with Crippen molar-refractivity contribution in [3.63, 3.8) is 0 Å². The Labute approximate surface area is 170 Å². The van der Waals surface area contributed by atoms with Crippen molar-refractivity contribution in [1.29, 1.82) is 0 Å². The molecule has 0 radical (unpaired) electrons. The quantitative estimate of drug-likeness (QED) is 0.663. The molecule has 0 bridgehead atoms. The Kier molecular flexibility index (Phi) is 5.08. The first kappa shape index (κ1) is 20.1. The van der Waals surface area contributed by atoms with Crippen molar-refractivity contribution in [3.8, 4) is 5.88 Å². The van der Waals surface area contributed by atoms with Crippen molar-refractivity contribution in [1.82, 2.24) is 25.1 Å². The lowest BCUT2D eigenvalue weighted by molar-refractivity contribution is -0.154. The topological polar surface area (TPSA) is 81.9 Å². The Hall–Kier alpha value is -3.17. The highest BCUT2D eigenvalue weighted by atomic mass is 19.4. The number of rotatable bonds is 6. The molecule has 7 nitrogen and oxygen atoms in total. The van der Waals surface area contributed by atoms with Crippen LogP contribution in [0.25, 0.3) is 10.9 Å². The summed E-state index contributed by atoms with van der Waals surface area (Å²) >= 11 is 0. The van der Waals surface area contributed by atoms with E-state index in [0.29, 0.717) is 5.69 Å². The third-order valence-corrected chi connectivity index (χ3v) is 5.16. The second kappa shape index (κ2) is 7.58. The minimum atomic E-state index is -4.44. The monoisotopic (exact) mass is 419 g/mol. The first-order valence-electron chi connectivity index (χ1n) is 9.45. The molecule has 2 heterocycles. The molecule has 1 aliphatic rings. The molecule has 2 aromatic heterocycles. The normalized spacial score (nSPS) is 19.5. The second-order valence-corrected chi connectivity index (χ2v) is 7.45. The summed E-state index contributed by atoms with van der Waals surface area (Å²) in [4.78, 5) is 20.5. The molecule has 0 aliphatic heterocycles. The predicted molar refractivity (Wildman–Crippen MR) is 102 cm³/mol. The SMILES string of the molecule is C[C@@H](NC(=O)[C@@H]1C[C@H]1c1ccc2cnn(C)c2c1)c1cnc(OCC(F)(F)F)cn1. The molecular weight excluding hydrogens is 399 g/mol. The van der Waals surface area contributed by atoms with Crippen LogP contribution in [0.4, 0.5) is 13.2 Å². The van der Waals surface area contributed by atoms with Crippen molar-refractivity contribution in [2.75, 3.05) is 6.61 Å². The van der Waals surface area contributed by atoms with Gasteiger partial charge in [0.05, 0.1) is 35.8 Å². The summed E-state index contributed by atoms with van der Waals surface area (Å²) in [6.07, 6.45) is 0.546. The van der Waals surface area contributed by atoms with Crippen molar-refractivity contribution >= 4 is 16.8 Å². The first-order valence-corrected chi connectivity index (χ1v) is 9.45. The number of aromatic nitrogens is 4. The van der Waals surface area contributed by atoms with Gasteiger partial charge in [-0.3, -0.25) is 14.5 Å². The van der Waals surface area contributed by atoms with Crippen LogP contribution in [0.3, 0.4) is 0 Å². The molecule has 10 heteroatoms. The van der Waals surface area contributed by atoms with E-state index in [1.165, 1.54) is 6.20 Å². The maximum atomic E-state index is 12.6. The van der Waals surface area contributed by atoms with Crippen LogP contribution in [-0.2, 0) is 11.8 Å². The number of nitrogens with zero attached hydrogens (tertiary/aromatic N) is 4.